The molecule has 1 aromatic rings. The molecule has 2 saturated carbocycles. The monoisotopic (exact) mass is 702 g/mol. The molecule has 2 amide bonds. The topological polar surface area (TPSA) is 167 Å². The lowest BCUT2D eigenvalue weighted by atomic mass is 9.85. The third kappa shape index (κ3) is 12.6. The van der Waals surface area contributed by atoms with Gasteiger partial charge in [-0.3, -0.25) is 9.69 Å². The Morgan fingerprint density at radius 1 is 0.840 bits per heavy atom. The van der Waals surface area contributed by atoms with Crippen molar-refractivity contribution >= 4 is 35.7 Å². The highest BCUT2D eigenvalue weighted by atomic mass is 16.6. The Labute approximate surface area is 298 Å². The maximum Gasteiger partial charge on any atom is 0.410 e. The molecular weight excluding hydrogens is 640 g/mol. The van der Waals surface area contributed by atoms with Gasteiger partial charge in [-0.1, -0.05) is 19.3 Å². The second-order valence-corrected chi connectivity index (χ2v) is 16.2. The number of aromatic nitrogens is 2. The molecule has 1 saturated heterocycles. The Morgan fingerprint density at radius 2 is 1.38 bits per heavy atom. The van der Waals surface area contributed by atoms with E-state index in [9.17, 15) is 14.4 Å². The predicted octanol–water partition coefficient (Wildman–Crippen LogP) is 5.43. The Hall–Kier alpha value is -3.55. The van der Waals surface area contributed by atoms with Crippen LogP contribution in [0, 0.1) is 5.92 Å². The highest BCUT2D eigenvalue weighted by molar-refractivity contribution is 5.70. The molecule has 0 spiro atoms. The van der Waals surface area contributed by atoms with Gasteiger partial charge in [0, 0.05) is 64.0 Å². The second kappa shape index (κ2) is 17.6. The molecule has 1 aromatic heterocycles. The molecule has 0 radical (unpaired) electrons. The van der Waals surface area contributed by atoms with Crippen LogP contribution < -0.4 is 16.0 Å². The molecular formula is C36H62N8O6. The van der Waals surface area contributed by atoms with Crippen LogP contribution in [0.2, 0.25) is 0 Å². The zero-order valence-corrected chi connectivity index (χ0v) is 31.3. The molecule has 14 nitrogen and oxygen atoms in total. The van der Waals surface area contributed by atoms with Crippen LogP contribution in [0.25, 0.3) is 0 Å². The van der Waals surface area contributed by atoms with Gasteiger partial charge in [0.15, 0.2) is 0 Å². The number of hydrogen-bond donors (Lipinski definition) is 3. The van der Waals surface area contributed by atoms with Crippen molar-refractivity contribution in [2.45, 2.75) is 129 Å². The summed E-state index contributed by atoms with van der Waals surface area (Å²) < 4.78 is 11.7. The molecule has 1 aliphatic heterocycles. The number of nitrogen functional groups attached to an aromatic ring is 1. The fraction of sp³-hybridized carbons (Fsp3) is 0.806. The van der Waals surface area contributed by atoms with Gasteiger partial charge < -0.3 is 40.3 Å². The lowest BCUT2D eigenvalue weighted by Gasteiger charge is -2.39. The number of nitrogens with zero attached hydrogens (tertiary/aromatic N) is 6. The summed E-state index contributed by atoms with van der Waals surface area (Å²) in [5, 5.41) is 12.5. The Balaban J connectivity index is 1.32. The third-order valence-corrected chi connectivity index (χ3v) is 9.66. The van der Waals surface area contributed by atoms with Crippen LogP contribution in [0.4, 0.5) is 27.2 Å². The van der Waals surface area contributed by atoms with E-state index in [2.05, 4.69) is 15.2 Å². The van der Waals surface area contributed by atoms with E-state index in [1.54, 1.807) is 6.07 Å². The lowest BCUT2D eigenvalue weighted by molar-refractivity contribution is -0.138. The first-order valence-electron chi connectivity index (χ1n) is 18.6. The van der Waals surface area contributed by atoms with E-state index in [0.717, 1.165) is 57.2 Å². The van der Waals surface area contributed by atoms with Gasteiger partial charge in [-0.05, 0) is 92.4 Å². The molecule has 50 heavy (non-hydrogen) atoms. The van der Waals surface area contributed by atoms with Gasteiger partial charge in [-0.2, -0.15) is 9.97 Å². The van der Waals surface area contributed by atoms with E-state index in [1.165, 1.54) is 6.42 Å². The smallest absolute Gasteiger partial charge is 0.410 e. The number of hydrogen-bond acceptors (Lipinski definition) is 11. The molecule has 2 aliphatic carbocycles. The van der Waals surface area contributed by atoms with Crippen molar-refractivity contribution in [2.24, 2.45) is 5.92 Å². The van der Waals surface area contributed by atoms with Crippen molar-refractivity contribution in [3.05, 3.63) is 6.07 Å². The maximum atomic E-state index is 13.5. The highest BCUT2D eigenvalue weighted by Gasteiger charge is 2.34. The highest BCUT2D eigenvalue weighted by Crippen LogP contribution is 2.30. The molecule has 2 heterocycles. The standard InChI is InChI=1S/C36H62N8O6/c1-35(2,3)49-33(47)43(27-11-8-7-9-12-27)17-10-18-44(34(48)50-36(4,5)6)28-15-13-26(14-16-28)24-38-32-39-29(37)23-30(40-32)42-21-19-41(20-22-42)25-31(45)46/h23,26-28H,7-22,24-25H2,1-6H3,(H,45,46)(H3,37,38,39,40)/t26-,28-. The van der Waals surface area contributed by atoms with Crippen LogP contribution >= 0.6 is 0 Å². The normalized spacial score (nSPS) is 21.0. The van der Waals surface area contributed by atoms with Gasteiger partial charge in [0.2, 0.25) is 5.95 Å². The number of ether oxygens (including phenoxy) is 2. The van der Waals surface area contributed by atoms with E-state index in [1.807, 2.05) is 56.2 Å². The predicted molar refractivity (Wildman–Crippen MR) is 194 cm³/mol. The number of rotatable bonds is 12. The zero-order chi connectivity index (χ0) is 36.5. The van der Waals surface area contributed by atoms with E-state index in [0.29, 0.717) is 69.9 Å². The lowest BCUT2D eigenvalue weighted by Crippen LogP contribution is -2.48. The summed E-state index contributed by atoms with van der Waals surface area (Å²) in [7, 11) is 0. The average Bonchev–Trinajstić information content (AvgIpc) is 3.03. The number of anilines is 3. The minimum atomic E-state index is -0.820. The summed E-state index contributed by atoms with van der Waals surface area (Å²) in [5.74, 6) is 1.17. The Morgan fingerprint density at radius 3 is 1.90 bits per heavy atom. The third-order valence-electron chi connectivity index (χ3n) is 9.66. The number of aliphatic carboxylic acids is 1. The van der Waals surface area contributed by atoms with E-state index in [-0.39, 0.29) is 30.8 Å². The van der Waals surface area contributed by atoms with Crippen molar-refractivity contribution in [3.63, 3.8) is 0 Å². The first-order chi connectivity index (χ1) is 23.6. The summed E-state index contributed by atoms with van der Waals surface area (Å²) >= 11 is 0. The van der Waals surface area contributed by atoms with E-state index >= 15 is 0 Å². The van der Waals surface area contributed by atoms with Crippen LogP contribution in [-0.2, 0) is 14.3 Å². The van der Waals surface area contributed by atoms with Crippen LogP contribution in [0.3, 0.4) is 0 Å². The molecule has 3 aliphatic rings. The second-order valence-electron chi connectivity index (χ2n) is 16.2. The summed E-state index contributed by atoms with van der Waals surface area (Å²) in [6.07, 6.45) is 9.07. The SMILES string of the molecule is CC(C)(C)OC(=O)N(CCCN(C(=O)OC(C)(C)C)[C@H]1CC[C@H](CNc2nc(N)cc(N3CCN(CC(=O)O)CC3)n2)CC1)C1CCCCC1. The zero-order valence-electron chi connectivity index (χ0n) is 31.3. The summed E-state index contributed by atoms with van der Waals surface area (Å²) in [4.78, 5) is 54.8. The summed E-state index contributed by atoms with van der Waals surface area (Å²) in [6.45, 7) is 15.8. The van der Waals surface area contributed by atoms with Crippen LogP contribution in [0.1, 0.15) is 106 Å². The van der Waals surface area contributed by atoms with Gasteiger partial charge in [0.25, 0.3) is 0 Å². The largest absolute Gasteiger partial charge is 0.480 e. The van der Waals surface area contributed by atoms with Crippen LogP contribution in [-0.4, -0.2) is 124 Å². The van der Waals surface area contributed by atoms with Gasteiger partial charge >= 0.3 is 18.2 Å². The number of nitrogens with one attached hydrogen (secondary N) is 1. The van der Waals surface area contributed by atoms with Crippen molar-refractivity contribution in [2.75, 3.05) is 68.3 Å². The number of carbonyl (C=O) groups is 3. The number of carboxylic acids is 1. The first-order valence-corrected chi connectivity index (χ1v) is 18.6. The quantitative estimate of drug-likeness (QED) is 0.253. The molecule has 0 unspecified atom stereocenters. The summed E-state index contributed by atoms with van der Waals surface area (Å²) in [5.41, 5.74) is 4.98. The molecule has 0 aromatic carbocycles. The number of nitrogens with two attached hydrogens (primary N) is 1. The summed E-state index contributed by atoms with van der Waals surface area (Å²) in [6, 6.07) is 1.99. The van der Waals surface area contributed by atoms with Gasteiger partial charge in [0.1, 0.15) is 22.8 Å². The van der Waals surface area contributed by atoms with Crippen molar-refractivity contribution < 1.29 is 29.0 Å². The van der Waals surface area contributed by atoms with Gasteiger partial charge in [0.05, 0.1) is 6.54 Å². The Kier molecular flexibility index (Phi) is 13.8. The van der Waals surface area contributed by atoms with Crippen LogP contribution in [0.15, 0.2) is 6.07 Å². The number of amides is 2. The Bertz CT molecular complexity index is 1260. The minimum Gasteiger partial charge on any atom is -0.480 e. The molecule has 282 valence electrons. The van der Waals surface area contributed by atoms with Crippen molar-refractivity contribution in [3.8, 4) is 0 Å². The molecule has 14 heteroatoms. The number of carboxylic acid groups (broad SMARTS) is 1. The maximum absolute atomic E-state index is 13.5. The van der Waals surface area contributed by atoms with Gasteiger partial charge in [-0.15, -0.1) is 0 Å². The molecule has 0 atom stereocenters. The van der Waals surface area contributed by atoms with Crippen molar-refractivity contribution in [1.82, 2.24) is 24.7 Å². The fourth-order valence-corrected chi connectivity index (χ4v) is 7.21. The van der Waals surface area contributed by atoms with E-state index in [4.69, 9.17) is 25.3 Å². The number of piperazine rings is 1. The van der Waals surface area contributed by atoms with Crippen LogP contribution in [0.5, 0.6) is 0 Å². The molecule has 3 fully saturated rings. The van der Waals surface area contributed by atoms with Gasteiger partial charge in [-0.25, -0.2) is 9.59 Å². The molecule has 0 bridgehead atoms. The first kappa shape index (κ1) is 39.2. The van der Waals surface area contributed by atoms with Crippen molar-refractivity contribution in [1.29, 1.82) is 0 Å². The minimum absolute atomic E-state index is 0.0391. The average molecular weight is 703 g/mol. The van der Waals surface area contributed by atoms with E-state index < -0.39 is 17.2 Å². The number of carbonyl (C=O) groups excluding carboxylic acids is 2. The molecule has 4 N–H and O–H groups in total. The fourth-order valence-electron chi connectivity index (χ4n) is 7.21. The molecule has 4 rings (SSSR count).